The van der Waals surface area contributed by atoms with E-state index in [-0.39, 0.29) is 0 Å². The molecule has 0 amide bonds. The molecule has 122 valence electrons. The van der Waals surface area contributed by atoms with Gasteiger partial charge in [0.2, 0.25) is 0 Å². The van der Waals surface area contributed by atoms with E-state index in [1.54, 1.807) is 6.20 Å². The summed E-state index contributed by atoms with van der Waals surface area (Å²) in [5.41, 5.74) is 2.11. The molecule has 1 saturated heterocycles. The Kier molecular flexibility index (Phi) is 5.86. The number of nitrogens with zero attached hydrogens (tertiary/aromatic N) is 1. The van der Waals surface area contributed by atoms with E-state index in [2.05, 4.69) is 10.3 Å². The predicted octanol–water partition coefficient (Wildman–Crippen LogP) is 3.58. The maximum absolute atomic E-state index is 6.14. The van der Waals surface area contributed by atoms with Gasteiger partial charge in [0.15, 0.2) is 0 Å². The van der Waals surface area contributed by atoms with E-state index in [0.29, 0.717) is 12.6 Å². The minimum absolute atomic E-state index is 0.397. The molecule has 23 heavy (non-hydrogen) atoms. The highest BCUT2D eigenvalue weighted by Gasteiger charge is 2.14. The van der Waals surface area contributed by atoms with Crippen LogP contribution in [0.15, 0.2) is 42.7 Å². The minimum atomic E-state index is 0.397. The van der Waals surface area contributed by atoms with Crippen molar-refractivity contribution in [2.24, 2.45) is 0 Å². The van der Waals surface area contributed by atoms with Crippen molar-refractivity contribution in [3.63, 3.8) is 0 Å². The van der Waals surface area contributed by atoms with E-state index >= 15 is 0 Å². The fraction of sp³-hybridized carbons (Fsp3) is 0.389. The molecule has 2 aromatic rings. The van der Waals surface area contributed by atoms with Crippen molar-refractivity contribution in [1.29, 1.82) is 0 Å². The molecule has 1 unspecified atom stereocenters. The summed E-state index contributed by atoms with van der Waals surface area (Å²) in [6.07, 6.45) is 5.82. The topological polar surface area (TPSA) is 43.4 Å². The standard InChI is InChI=1S/C18H21ClN2O2/c19-16-5-6-18(23-12-14-3-1-7-20-10-14)15(9-16)11-21-17-4-2-8-22-13-17/h1,3,5-7,9-10,17,21H,2,4,8,11-13H2. The molecule has 5 heteroatoms. The third-order valence-electron chi connectivity index (χ3n) is 3.88. The van der Waals surface area contributed by atoms with Gasteiger partial charge in [-0.05, 0) is 37.1 Å². The second kappa shape index (κ2) is 8.29. The Labute approximate surface area is 141 Å². The van der Waals surface area contributed by atoms with Crippen molar-refractivity contribution in [3.8, 4) is 5.75 Å². The molecule has 1 aliphatic heterocycles. The van der Waals surface area contributed by atoms with E-state index in [9.17, 15) is 0 Å². The number of rotatable bonds is 6. The predicted molar refractivity (Wildman–Crippen MR) is 90.7 cm³/mol. The lowest BCUT2D eigenvalue weighted by Crippen LogP contribution is -2.36. The Bertz CT molecular complexity index is 616. The second-order valence-electron chi connectivity index (χ2n) is 5.70. The molecule has 0 bridgehead atoms. The van der Waals surface area contributed by atoms with Crippen LogP contribution in [0.5, 0.6) is 5.75 Å². The van der Waals surface area contributed by atoms with E-state index in [0.717, 1.165) is 54.5 Å². The Morgan fingerprint density at radius 3 is 3.09 bits per heavy atom. The van der Waals surface area contributed by atoms with Crippen LogP contribution in [0, 0.1) is 0 Å². The van der Waals surface area contributed by atoms with Crippen molar-refractivity contribution >= 4 is 11.6 Å². The quantitative estimate of drug-likeness (QED) is 0.878. The molecule has 0 aliphatic carbocycles. The summed E-state index contributed by atoms with van der Waals surface area (Å²) in [4.78, 5) is 4.10. The Hall–Kier alpha value is -1.62. The molecule has 1 fully saturated rings. The third kappa shape index (κ3) is 4.93. The van der Waals surface area contributed by atoms with Crippen molar-refractivity contribution in [2.45, 2.75) is 32.0 Å². The molecular weight excluding hydrogens is 312 g/mol. The van der Waals surface area contributed by atoms with Crippen LogP contribution in [0.1, 0.15) is 24.0 Å². The first-order chi connectivity index (χ1) is 11.3. The third-order valence-corrected chi connectivity index (χ3v) is 4.12. The Morgan fingerprint density at radius 1 is 1.35 bits per heavy atom. The number of halogens is 1. The number of pyridine rings is 1. The zero-order chi connectivity index (χ0) is 15.9. The average Bonchev–Trinajstić information content (AvgIpc) is 2.61. The molecule has 1 aromatic carbocycles. The van der Waals surface area contributed by atoms with Gasteiger partial charge in [0.05, 0.1) is 6.61 Å². The zero-order valence-electron chi connectivity index (χ0n) is 13.0. The monoisotopic (exact) mass is 332 g/mol. The number of aromatic nitrogens is 1. The molecule has 1 aromatic heterocycles. The Morgan fingerprint density at radius 2 is 2.30 bits per heavy atom. The molecule has 4 nitrogen and oxygen atoms in total. The number of hydrogen-bond donors (Lipinski definition) is 1. The molecule has 1 aliphatic rings. The van der Waals surface area contributed by atoms with Gasteiger partial charge in [-0.1, -0.05) is 17.7 Å². The first kappa shape index (κ1) is 16.2. The van der Waals surface area contributed by atoms with Crippen LogP contribution >= 0.6 is 11.6 Å². The smallest absolute Gasteiger partial charge is 0.124 e. The van der Waals surface area contributed by atoms with Crippen LogP contribution in [-0.4, -0.2) is 24.2 Å². The molecule has 0 radical (unpaired) electrons. The SMILES string of the molecule is Clc1ccc(OCc2cccnc2)c(CNC2CCCOC2)c1. The second-order valence-corrected chi connectivity index (χ2v) is 6.13. The molecule has 1 N–H and O–H groups in total. The van der Waals surface area contributed by atoms with Gasteiger partial charge in [0.25, 0.3) is 0 Å². The van der Waals surface area contributed by atoms with E-state index < -0.39 is 0 Å². The summed E-state index contributed by atoms with van der Waals surface area (Å²) in [5, 5.41) is 4.25. The van der Waals surface area contributed by atoms with Crippen LogP contribution in [0.4, 0.5) is 0 Å². The molecule has 2 heterocycles. The minimum Gasteiger partial charge on any atom is -0.489 e. The van der Waals surface area contributed by atoms with Crippen LogP contribution in [0.3, 0.4) is 0 Å². The number of hydrogen-bond acceptors (Lipinski definition) is 4. The van der Waals surface area contributed by atoms with E-state index in [1.165, 1.54) is 0 Å². The van der Waals surface area contributed by atoms with Crippen molar-refractivity contribution in [1.82, 2.24) is 10.3 Å². The van der Waals surface area contributed by atoms with Gasteiger partial charge >= 0.3 is 0 Å². The van der Waals surface area contributed by atoms with Crippen molar-refractivity contribution < 1.29 is 9.47 Å². The highest BCUT2D eigenvalue weighted by atomic mass is 35.5. The maximum Gasteiger partial charge on any atom is 0.124 e. The van der Waals surface area contributed by atoms with Gasteiger partial charge in [-0.3, -0.25) is 4.98 Å². The first-order valence-corrected chi connectivity index (χ1v) is 8.30. The van der Waals surface area contributed by atoms with Crippen LogP contribution < -0.4 is 10.1 Å². The number of nitrogens with one attached hydrogen (secondary N) is 1. The summed E-state index contributed by atoms with van der Waals surface area (Å²) < 4.78 is 11.5. The van der Waals surface area contributed by atoms with Crippen LogP contribution in [0.2, 0.25) is 5.02 Å². The van der Waals surface area contributed by atoms with Crippen molar-refractivity contribution in [2.75, 3.05) is 13.2 Å². The lowest BCUT2D eigenvalue weighted by atomic mass is 10.1. The molecule has 0 spiro atoms. The molecular formula is C18H21ClN2O2. The molecule has 3 rings (SSSR count). The summed E-state index contributed by atoms with van der Waals surface area (Å²) >= 11 is 6.14. The summed E-state index contributed by atoms with van der Waals surface area (Å²) in [6.45, 7) is 2.85. The van der Waals surface area contributed by atoms with E-state index in [4.69, 9.17) is 21.1 Å². The van der Waals surface area contributed by atoms with E-state index in [1.807, 2.05) is 36.5 Å². The van der Waals surface area contributed by atoms with Gasteiger partial charge in [-0.25, -0.2) is 0 Å². The largest absolute Gasteiger partial charge is 0.489 e. The average molecular weight is 333 g/mol. The highest BCUT2D eigenvalue weighted by molar-refractivity contribution is 6.30. The summed E-state index contributed by atoms with van der Waals surface area (Å²) in [7, 11) is 0. The molecule has 0 saturated carbocycles. The van der Waals surface area contributed by atoms with Crippen LogP contribution in [-0.2, 0) is 17.9 Å². The van der Waals surface area contributed by atoms with Crippen LogP contribution in [0.25, 0.3) is 0 Å². The number of benzene rings is 1. The highest BCUT2D eigenvalue weighted by Crippen LogP contribution is 2.24. The first-order valence-electron chi connectivity index (χ1n) is 7.92. The Balaban J connectivity index is 1.62. The van der Waals surface area contributed by atoms with Crippen molar-refractivity contribution in [3.05, 3.63) is 58.9 Å². The lowest BCUT2D eigenvalue weighted by Gasteiger charge is -2.23. The summed E-state index contributed by atoms with van der Waals surface area (Å²) in [5.74, 6) is 0.850. The van der Waals surface area contributed by atoms with Gasteiger partial charge in [0, 0.05) is 47.7 Å². The zero-order valence-corrected chi connectivity index (χ0v) is 13.8. The van der Waals surface area contributed by atoms with Gasteiger partial charge in [-0.15, -0.1) is 0 Å². The fourth-order valence-corrected chi connectivity index (χ4v) is 2.82. The normalized spacial score (nSPS) is 17.9. The fourth-order valence-electron chi connectivity index (χ4n) is 2.63. The number of ether oxygens (including phenoxy) is 2. The van der Waals surface area contributed by atoms with Gasteiger partial charge < -0.3 is 14.8 Å². The lowest BCUT2D eigenvalue weighted by molar-refractivity contribution is 0.0698. The van der Waals surface area contributed by atoms with Gasteiger partial charge in [-0.2, -0.15) is 0 Å². The molecule has 1 atom stereocenters. The summed E-state index contributed by atoms with van der Waals surface area (Å²) in [6, 6.07) is 10.0. The maximum atomic E-state index is 6.14. The van der Waals surface area contributed by atoms with Gasteiger partial charge in [0.1, 0.15) is 12.4 Å².